The first-order valence-corrected chi connectivity index (χ1v) is 6.49. The molecule has 0 atom stereocenters. The number of rotatable bonds is 5. The largest absolute Gasteiger partial charge is 0.298 e. The van der Waals surface area contributed by atoms with Crippen LogP contribution in [0.25, 0.3) is 0 Å². The number of aromatic nitrogens is 2. The van der Waals surface area contributed by atoms with E-state index in [4.69, 9.17) is 0 Å². The molecule has 1 aromatic heterocycles. The fraction of sp³-hybridized carbons (Fsp3) is 0.231. The van der Waals surface area contributed by atoms with Crippen molar-refractivity contribution >= 4 is 18.0 Å². The van der Waals surface area contributed by atoms with Crippen molar-refractivity contribution in [1.29, 1.82) is 0 Å². The van der Waals surface area contributed by atoms with E-state index < -0.39 is 0 Å². The number of aryl methyl sites for hydroxylation is 1. The summed E-state index contributed by atoms with van der Waals surface area (Å²) >= 11 is 1.71. The van der Waals surface area contributed by atoms with Crippen molar-refractivity contribution in [3.8, 4) is 0 Å². The Morgan fingerprint density at radius 2 is 2.35 bits per heavy atom. The van der Waals surface area contributed by atoms with Gasteiger partial charge in [-0.2, -0.15) is 5.10 Å². The number of hydrogen-bond acceptors (Lipinski definition) is 3. The van der Waals surface area contributed by atoms with Crippen LogP contribution < -0.4 is 0 Å². The number of aldehydes is 1. The zero-order valence-electron chi connectivity index (χ0n) is 9.67. The Hall–Kier alpha value is -1.55. The second-order valence-electron chi connectivity index (χ2n) is 3.68. The van der Waals surface area contributed by atoms with E-state index in [9.17, 15) is 4.79 Å². The summed E-state index contributed by atoms with van der Waals surface area (Å²) in [7, 11) is 0. The Labute approximate surface area is 105 Å². The summed E-state index contributed by atoms with van der Waals surface area (Å²) in [6, 6.07) is 7.64. The molecule has 0 radical (unpaired) electrons. The third-order valence-electron chi connectivity index (χ3n) is 2.41. The van der Waals surface area contributed by atoms with Gasteiger partial charge in [-0.15, -0.1) is 11.8 Å². The maximum Gasteiger partial charge on any atom is 0.150 e. The maximum atomic E-state index is 10.7. The molecule has 0 aliphatic rings. The first-order valence-electron chi connectivity index (χ1n) is 5.51. The van der Waals surface area contributed by atoms with E-state index in [0.717, 1.165) is 29.0 Å². The summed E-state index contributed by atoms with van der Waals surface area (Å²) in [6.07, 6.45) is 4.82. The molecule has 0 saturated carbocycles. The van der Waals surface area contributed by atoms with Crippen LogP contribution in [-0.4, -0.2) is 16.1 Å². The van der Waals surface area contributed by atoms with Crippen LogP contribution >= 0.6 is 11.8 Å². The van der Waals surface area contributed by atoms with Crippen LogP contribution in [0.2, 0.25) is 0 Å². The lowest BCUT2D eigenvalue weighted by Crippen LogP contribution is -1.92. The summed E-state index contributed by atoms with van der Waals surface area (Å²) in [5.41, 5.74) is 1.92. The van der Waals surface area contributed by atoms with E-state index in [1.165, 1.54) is 5.56 Å². The molecule has 0 N–H and O–H groups in total. The summed E-state index contributed by atoms with van der Waals surface area (Å²) in [5, 5.41) is 4.23. The number of carbonyl (C=O) groups is 1. The van der Waals surface area contributed by atoms with Gasteiger partial charge in [-0.3, -0.25) is 9.48 Å². The average molecular weight is 246 g/mol. The smallest absolute Gasteiger partial charge is 0.150 e. The Bertz CT molecular complexity index is 508. The van der Waals surface area contributed by atoms with Crippen LogP contribution in [0.15, 0.2) is 41.6 Å². The number of nitrogens with zero attached hydrogens (tertiary/aromatic N) is 2. The maximum absolute atomic E-state index is 10.7. The molecule has 0 spiro atoms. The van der Waals surface area contributed by atoms with Crippen molar-refractivity contribution in [2.75, 3.05) is 0 Å². The Morgan fingerprint density at radius 3 is 3.06 bits per heavy atom. The number of hydrogen-bond donors (Lipinski definition) is 0. The quantitative estimate of drug-likeness (QED) is 0.601. The number of thioether (sulfide) groups is 1. The molecule has 1 aromatic carbocycles. The van der Waals surface area contributed by atoms with Gasteiger partial charge in [-0.1, -0.05) is 12.1 Å². The molecular formula is C13H14N2OS. The first kappa shape index (κ1) is 11.9. The molecule has 2 rings (SSSR count). The minimum atomic E-state index is 0.722. The highest BCUT2D eigenvalue weighted by Gasteiger charge is 2.00. The van der Waals surface area contributed by atoms with Gasteiger partial charge in [0.25, 0.3) is 0 Å². The molecule has 0 unspecified atom stereocenters. The standard InChI is InChI=1S/C13H14N2OS/c1-2-15-8-12(7-14-15)10-17-13-5-3-4-11(6-13)9-16/h3-9H,2,10H2,1H3. The van der Waals surface area contributed by atoms with Crippen LogP contribution in [0.1, 0.15) is 22.8 Å². The van der Waals surface area contributed by atoms with Gasteiger partial charge >= 0.3 is 0 Å². The molecule has 2 aromatic rings. The second-order valence-corrected chi connectivity index (χ2v) is 4.73. The molecule has 4 heteroatoms. The minimum absolute atomic E-state index is 0.722. The zero-order chi connectivity index (χ0) is 12.1. The second kappa shape index (κ2) is 5.68. The van der Waals surface area contributed by atoms with Gasteiger partial charge in [-0.05, 0) is 19.1 Å². The SMILES string of the molecule is CCn1cc(CSc2cccc(C=O)c2)cn1. The van der Waals surface area contributed by atoms with Gasteiger partial charge in [-0.25, -0.2) is 0 Å². The normalized spacial score (nSPS) is 10.4. The topological polar surface area (TPSA) is 34.9 Å². The Kier molecular flexibility index (Phi) is 3.98. The predicted octanol–water partition coefficient (Wildman–Crippen LogP) is 3.01. The van der Waals surface area contributed by atoms with Crippen molar-refractivity contribution in [2.24, 2.45) is 0 Å². The molecule has 1 heterocycles. The molecule has 0 aliphatic carbocycles. The molecule has 0 fully saturated rings. The molecule has 17 heavy (non-hydrogen) atoms. The summed E-state index contributed by atoms with van der Waals surface area (Å²) < 4.78 is 1.91. The van der Waals surface area contributed by atoms with E-state index in [-0.39, 0.29) is 0 Å². The minimum Gasteiger partial charge on any atom is -0.298 e. The van der Waals surface area contributed by atoms with Crippen LogP contribution in [-0.2, 0) is 12.3 Å². The molecule has 88 valence electrons. The molecule has 0 bridgehead atoms. The van der Waals surface area contributed by atoms with E-state index >= 15 is 0 Å². The molecule has 0 aliphatic heterocycles. The van der Waals surface area contributed by atoms with Crippen LogP contribution in [0, 0.1) is 0 Å². The van der Waals surface area contributed by atoms with Crippen molar-refractivity contribution in [3.05, 3.63) is 47.8 Å². The lowest BCUT2D eigenvalue weighted by atomic mass is 10.2. The third-order valence-corrected chi connectivity index (χ3v) is 3.48. The molecule has 3 nitrogen and oxygen atoms in total. The summed E-state index contributed by atoms with van der Waals surface area (Å²) in [4.78, 5) is 11.8. The fourth-order valence-corrected chi connectivity index (χ4v) is 2.37. The van der Waals surface area contributed by atoms with E-state index in [1.807, 2.05) is 35.1 Å². The van der Waals surface area contributed by atoms with Gasteiger partial charge in [0.1, 0.15) is 6.29 Å². The molecule has 0 amide bonds. The van der Waals surface area contributed by atoms with Gasteiger partial charge in [0.2, 0.25) is 0 Å². The van der Waals surface area contributed by atoms with E-state index in [1.54, 1.807) is 11.8 Å². The third kappa shape index (κ3) is 3.20. The van der Waals surface area contributed by atoms with Crippen molar-refractivity contribution in [3.63, 3.8) is 0 Å². The number of carbonyl (C=O) groups excluding carboxylic acids is 1. The molecule has 0 saturated heterocycles. The van der Waals surface area contributed by atoms with E-state index in [0.29, 0.717) is 0 Å². The van der Waals surface area contributed by atoms with Crippen LogP contribution in [0.4, 0.5) is 0 Å². The first-order chi connectivity index (χ1) is 8.31. The van der Waals surface area contributed by atoms with Crippen molar-refractivity contribution in [2.45, 2.75) is 24.1 Å². The predicted molar refractivity (Wildman–Crippen MR) is 69.3 cm³/mol. The lowest BCUT2D eigenvalue weighted by Gasteiger charge is -2.00. The average Bonchev–Trinajstić information content (AvgIpc) is 2.84. The number of benzene rings is 1. The fourth-order valence-electron chi connectivity index (χ4n) is 1.50. The van der Waals surface area contributed by atoms with Gasteiger partial charge in [0.15, 0.2) is 0 Å². The Morgan fingerprint density at radius 1 is 1.47 bits per heavy atom. The highest BCUT2D eigenvalue weighted by Crippen LogP contribution is 2.22. The zero-order valence-corrected chi connectivity index (χ0v) is 10.5. The van der Waals surface area contributed by atoms with Gasteiger partial charge in [0, 0.05) is 34.5 Å². The summed E-state index contributed by atoms with van der Waals surface area (Å²) in [6.45, 7) is 2.96. The van der Waals surface area contributed by atoms with Crippen molar-refractivity contribution < 1.29 is 4.79 Å². The highest BCUT2D eigenvalue weighted by molar-refractivity contribution is 7.98. The summed E-state index contributed by atoms with van der Waals surface area (Å²) in [5.74, 6) is 0.877. The van der Waals surface area contributed by atoms with E-state index in [2.05, 4.69) is 18.2 Å². The monoisotopic (exact) mass is 246 g/mol. The van der Waals surface area contributed by atoms with Gasteiger partial charge < -0.3 is 0 Å². The van der Waals surface area contributed by atoms with Crippen LogP contribution in [0.3, 0.4) is 0 Å². The van der Waals surface area contributed by atoms with Crippen LogP contribution in [0.5, 0.6) is 0 Å². The Balaban J connectivity index is 1.99. The highest BCUT2D eigenvalue weighted by atomic mass is 32.2. The van der Waals surface area contributed by atoms with Crippen molar-refractivity contribution in [1.82, 2.24) is 9.78 Å². The van der Waals surface area contributed by atoms with Gasteiger partial charge in [0.05, 0.1) is 6.20 Å². The molecular weight excluding hydrogens is 232 g/mol. The lowest BCUT2D eigenvalue weighted by molar-refractivity contribution is 0.112.